The molecule has 0 radical (unpaired) electrons. The number of hydrogen-bond acceptors (Lipinski definition) is 1. The summed E-state index contributed by atoms with van der Waals surface area (Å²) in [4.78, 5) is 0. The molecular weight excluding hydrogens is 263 g/mol. The van der Waals surface area contributed by atoms with Crippen molar-refractivity contribution < 1.29 is 13.2 Å². The summed E-state index contributed by atoms with van der Waals surface area (Å²) in [6.45, 7) is 0. The maximum Gasteiger partial charge on any atom is 0.416 e. The first-order valence-corrected chi connectivity index (χ1v) is 5.48. The molecule has 0 spiro atoms. The fourth-order valence-corrected chi connectivity index (χ4v) is 1.90. The Bertz CT molecular complexity index is 558. The summed E-state index contributed by atoms with van der Waals surface area (Å²) in [7, 11) is 0. The summed E-state index contributed by atoms with van der Waals surface area (Å²) < 4.78 is 37.8. The monoisotopic (exact) mass is 271 g/mol. The van der Waals surface area contributed by atoms with E-state index in [1.165, 1.54) is 6.07 Å². The first kappa shape index (κ1) is 12.8. The lowest BCUT2D eigenvalue weighted by atomic mass is 10.0. The Morgan fingerprint density at radius 3 is 2.28 bits per heavy atom. The molecule has 2 aromatic rings. The lowest BCUT2D eigenvalue weighted by molar-refractivity contribution is -0.137. The van der Waals surface area contributed by atoms with Gasteiger partial charge < -0.3 is 5.73 Å². The molecule has 0 unspecified atom stereocenters. The second-order valence-corrected chi connectivity index (χ2v) is 4.29. The van der Waals surface area contributed by atoms with Crippen LogP contribution in [0.5, 0.6) is 0 Å². The van der Waals surface area contributed by atoms with Crippen molar-refractivity contribution in [1.29, 1.82) is 0 Å². The predicted octanol–water partition coefficient (Wildman–Crippen LogP) is 4.61. The van der Waals surface area contributed by atoms with Crippen LogP contribution in [0.2, 0.25) is 5.02 Å². The Labute approximate surface area is 107 Å². The van der Waals surface area contributed by atoms with Gasteiger partial charge in [0, 0.05) is 10.7 Å². The highest BCUT2D eigenvalue weighted by atomic mass is 35.5. The third kappa shape index (κ3) is 2.76. The van der Waals surface area contributed by atoms with E-state index in [-0.39, 0.29) is 0 Å². The zero-order chi connectivity index (χ0) is 13.3. The van der Waals surface area contributed by atoms with E-state index >= 15 is 0 Å². The van der Waals surface area contributed by atoms with Crippen molar-refractivity contribution in [3.63, 3.8) is 0 Å². The van der Waals surface area contributed by atoms with Crippen LogP contribution in [0.1, 0.15) is 5.56 Å². The van der Waals surface area contributed by atoms with Crippen LogP contribution in [-0.2, 0) is 6.18 Å². The fourth-order valence-electron chi connectivity index (χ4n) is 1.65. The highest BCUT2D eigenvalue weighted by molar-refractivity contribution is 6.31. The first-order valence-electron chi connectivity index (χ1n) is 5.10. The van der Waals surface area contributed by atoms with Gasteiger partial charge in [-0.2, -0.15) is 13.2 Å². The number of anilines is 1. The molecule has 0 saturated heterocycles. The van der Waals surface area contributed by atoms with Crippen molar-refractivity contribution in [3.8, 4) is 11.1 Å². The molecular formula is C13H9ClF3N. The number of nitrogens with two attached hydrogens (primary N) is 1. The predicted molar refractivity (Wildman–Crippen MR) is 66.3 cm³/mol. The van der Waals surface area contributed by atoms with Gasteiger partial charge in [0.25, 0.3) is 0 Å². The molecule has 0 aliphatic carbocycles. The van der Waals surface area contributed by atoms with Gasteiger partial charge in [0.05, 0.1) is 5.56 Å². The van der Waals surface area contributed by atoms with E-state index in [9.17, 15) is 13.2 Å². The van der Waals surface area contributed by atoms with E-state index in [1.807, 2.05) is 0 Å². The molecule has 2 rings (SSSR count). The summed E-state index contributed by atoms with van der Waals surface area (Å²) in [5.41, 5.74) is 6.32. The van der Waals surface area contributed by atoms with E-state index < -0.39 is 11.7 Å². The SMILES string of the molecule is Nc1cc(Cl)cc(-c2cccc(C(F)(F)F)c2)c1. The summed E-state index contributed by atoms with van der Waals surface area (Å²) in [5, 5.41) is 0.391. The normalized spacial score (nSPS) is 11.6. The molecule has 18 heavy (non-hydrogen) atoms. The Morgan fingerprint density at radius 1 is 0.944 bits per heavy atom. The standard InChI is InChI=1S/C13H9ClF3N/c14-11-5-9(6-12(18)7-11)8-2-1-3-10(4-8)13(15,16)17/h1-7H,18H2. The van der Waals surface area contributed by atoms with Gasteiger partial charge in [0.1, 0.15) is 0 Å². The molecule has 94 valence electrons. The Kier molecular flexibility index (Phi) is 3.22. The van der Waals surface area contributed by atoms with Crippen molar-refractivity contribution in [1.82, 2.24) is 0 Å². The van der Waals surface area contributed by atoms with Crippen LogP contribution in [0.3, 0.4) is 0 Å². The quantitative estimate of drug-likeness (QED) is 0.753. The van der Waals surface area contributed by atoms with Crippen LogP contribution >= 0.6 is 11.6 Å². The van der Waals surface area contributed by atoms with Crippen LogP contribution in [0.4, 0.5) is 18.9 Å². The molecule has 0 aliphatic rings. The van der Waals surface area contributed by atoms with Crippen LogP contribution in [0.25, 0.3) is 11.1 Å². The molecule has 0 saturated carbocycles. The van der Waals surface area contributed by atoms with Crippen molar-refractivity contribution >= 4 is 17.3 Å². The van der Waals surface area contributed by atoms with E-state index in [1.54, 1.807) is 24.3 Å². The molecule has 2 N–H and O–H groups in total. The average Bonchev–Trinajstić information content (AvgIpc) is 2.27. The van der Waals surface area contributed by atoms with Gasteiger partial charge in [-0.3, -0.25) is 0 Å². The van der Waals surface area contributed by atoms with Crippen LogP contribution in [0, 0.1) is 0 Å². The molecule has 2 aromatic carbocycles. The molecule has 0 amide bonds. The molecule has 0 atom stereocenters. The van der Waals surface area contributed by atoms with E-state index in [0.29, 0.717) is 21.8 Å². The zero-order valence-corrected chi connectivity index (χ0v) is 9.89. The summed E-state index contributed by atoms with van der Waals surface area (Å²) >= 11 is 5.83. The van der Waals surface area contributed by atoms with E-state index in [0.717, 1.165) is 12.1 Å². The molecule has 0 heterocycles. The number of halogens is 4. The van der Waals surface area contributed by atoms with Gasteiger partial charge in [-0.05, 0) is 41.5 Å². The second kappa shape index (κ2) is 4.53. The molecule has 1 nitrogen and oxygen atoms in total. The topological polar surface area (TPSA) is 26.0 Å². The van der Waals surface area contributed by atoms with Gasteiger partial charge in [-0.15, -0.1) is 0 Å². The van der Waals surface area contributed by atoms with Crippen molar-refractivity contribution in [2.45, 2.75) is 6.18 Å². The second-order valence-electron chi connectivity index (χ2n) is 3.85. The van der Waals surface area contributed by atoms with Gasteiger partial charge in [0.2, 0.25) is 0 Å². The van der Waals surface area contributed by atoms with Gasteiger partial charge in [0.15, 0.2) is 0 Å². The lowest BCUT2D eigenvalue weighted by Crippen LogP contribution is -2.04. The molecule has 0 aliphatic heterocycles. The van der Waals surface area contributed by atoms with Crippen LogP contribution in [0.15, 0.2) is 42.5 Å². The van der Waals surface area contributed by atoms with Crippen molar-refractivity contribution in [3.05, 3.63) is 53.1 Å². The number of rotatable bonds is 1. The number of benzene rings is 2. The maximum atomic E-state index is 12.6. The summed E-state index contributed by atoms with van der Waals surface area (Å²) in [5.74, 6) is 0. The molecule has 0 fully saturated rings. The highest BCUT2D eigenvalue weighted by Gasteiger charge is 2.30. The Balaban J connectivity index is 2.51. The van der Waals surface area contributed by atoms with E-state index in [4.69, 9.17) is 17.3 Å². The van der Waals surface area contributed by atoms with Crippen molar-refractivity contribution in [2.75, 3.05) is 5.73 Å². The molecule has 0 bridgehead atoms. The largest absolute Gasteiger partial charge is 0.416 e. The smallest absolute Gasteiger partial charge is 0.399 e. The molecule has 5 heteroatoms. The minimum absolute atomic E-state index is 0.391. The van der Waals surface area contributed by atoms with Gasteiger partial charge in [-0.25, -0.2) is 0 Å². The maximum absolute atomic E-state index is 12.6. The Hall–Kier alpha value is -1.68. The minimum Gasteiger partial charge on any atom is -0.399 e. The summed E-state index contributed by atoms with van der Waals surface area (Å²) in [6, 6.07) is 9.74. The number of nitrogen functional groups attached to an aromatic ring is 1. The fraction of sp³-hybridized carbons (Fsp3) is 0.0769. The molecule has 0 aromatic heterocycles. The number of hydrogen-bond donors (Lipinski definition) is 1. The van der Waals surface area contributed by atoms with Crippen molar-refractivity contribution in [2.24, 2.45) is 0 Å². The lowest BCUT2D eigenvalue weighted by Gasteiger charge is -2.09. The third-order valence-corrected chi connectivity index (χ3v) is 2.66. The Morgan fingerprint density at radius 2 is 1.67 bits per heavy atom. The van der Waals surface area contributed by atoms with Crippen LogP contribution < -0.4 is 5.73 Å². The van der Waals surface area contributed by atoms with Crippen LogP contribution in [-0.4, -0.2) is 0 Å². The van der Waals surface area contributed by atoms with Gasteiger partial charge >= 0.3 is 6.18 Å². The highest BCUT2D eigenvalue weighted by Crippen LogP contribution is 2.33. The minimum atomic E-state index is -4.36. The first-order chi connectivity index (χ1) is 8.36. The number of alkyl halides is 3. The van der Waals surface area contributed by atoms with Gasteiger partial charge in [-0.1, -0.05) is 23.7 Å². The van der Waals surface area contributed by atoms with E-state index in [2.05, 4.69) is 0 Å². The third-order valence-electron chi connectivity index (χ3n) is 2.44. The zero-order valence-electron chi connectivity index (χ0n) is 9.13. The summed E-state index contributed by atoms with van der Waals surface area (Å²) in [6.07, 6.45) is -4.36. The average molecular weight is 272 g/mol.